The molecule has 3 aromatic rings. The zero-order chi connectivity index (χ0) is 22.7. The standard InChI is InChI=1S/C24H17BrN2O5/c25-20-13-16(6-11-21(20)28)12-19-22(29)26-24(31)27(23(19)30)17-7-9-18(10-8-17)32-14-15-4-2-1-3-5-15/h1-13,28H,14H2,(H,26,29,31)/b19-12+. The second kappa shape index (κ2) is 9.07. The second-order valence-electron chi connectivity index (χ2n) is 6.94. The lowest BCUT2D eigenvalue weighted by molar-refractivity contribution is -0.122. The van der Waals surface area contributed by atoms with Crippen LogP contribution in [0.1, 0.15) is 11.1 Å². The van der Waals surface area contributed by atoms with Crippen molar-refractivity contribution < 1.29 is 24.2 Å². The van der Waals surface area contributed by atoms with Gasteiger partial charge in [0.1, 0.15) is 23.7 Å². The molecule has 0 aromatic heterocycles. The summed E-state index contributed by atoms with van der Waals surface area (Å²) < 4.78 is 6.14. The van der Waals surface area contributed by atoms with Crippen LogP contribution >= 0.6 is 15.9 Å². The molecule has 1 aliphatic rings. The third kappa shape index (κ3) is 4.55. The van der Waals surface area contributed by atoms with E-state index in [2.05, 4.69) is 21.2 Å². The maximum Gasteiger partial charge on any atom is 0.335 e. The van der Waals surface area contributed by atoms with Gasteiger partial charge in [0.05, 0.1) is 10.2 Å². The van der Waals surface area contributed by atoms with Crippen molar-refractivity contribution in [2.45, 2.75) is 6.61 Å². The smallest absolute Gasteiger partial charge is 0.335 e. The van der Waals surface area contributed by atoms with Crippen LogP contribution in [-0.2, 0) is 16.2 Å². The first-order valence-electron chi connectivity index (χ1n) is 9.59. The molecular weight excluding hydrogens is 476 g/mol. The minimum absolute atomic E-state index is 0.0259. The van der Waals surface area contributed by atoms with Gasteiger partial charge in [-0.3, -0.25) is 14.9 Å². The minimum atomic E-state index is -0.831. The van der Waals surface area contributed by atoms with Gasteiger partial charge in [-0.25, -0.2) is 9.69 Å². The van der Waals surface area contributed by atoms with Crippen LogP contribution in [0.3, 0.4) is 0 Å². The third-order valence-electron chi connectivity index (χ3n) is 4.73. The summed E-state index contributed by atoms with van der Waals surface area (Å²) in [5, 5.41) is 11.8. The SMILES string of the molecule is O=C1NC(=O)N(c2ccc(OCc3ccccc3)cc2)C(=O)/C1=C/c1ccc(O)c(Br)c1. The predicted octanol–water partition coefficient (Wildman–Crippen LogP) is 4.40. The lowest BCUT2D eigenvalue weighted by Gasteiger charge is -2.26. The highest BCUT2D eigenvalue weighted by Crippen LogP contribution is 2.27. The van der Waals surface area contributed by atoms with E-state index in [0.29, 0.717) is 28.1 Å². The first-order valence-corrected chi connectivity index (χ1v) is 10.4. The maximum absolute atomic E-state index is 13.0. The summed E-state index contributed by atoms with van der Waals surface area (Å²) in [6.07, 6.45) is 1.36. The molecule has 32 heavy (non-hydrogen) atoms. The molecule has 2 N–H and O–H groups in total. The molecule has 0 bridgehead atoms. The zero-order valence-corrected chi connectivity index (χ0v) is 18.2. The molecule has 160 valence electrons. The van der Waals surface area contributed by atoms with Gasteiger partial charge in [-0.1, -0.05) is 36.4 Å². The molecule has 4 rings (SSSR count). The Kier molecular flexibility index (Phi) is 6.04. The van der Waals surface area contributed by atoms with Crippen LogP contribution in [0.4, 0.5) is 10.5 Å². The van der Waals surface area contributed by atoms with Crippen LogP contribution in [0, 0.1) is 0 Å². The second-order valence-corrected chi connectivity index (χ2v) is 7.79. The summed E-state index contributed by atoms with van der Waals surface area (Å²) in [7, 11) is 0. The van der Waals surface area contributed by atoms with Gasteiger partial charge in [-0.15, -0.1) is 0 Å². The molecule has 3 aromatic carbocycles. The predicted molar refractivity (Wildman–Crippen MR) is 122 cm³/mol. The Balaban J connectivity index is 1.55. The lowest BCUT2D eigenvalue weighted by atomic mass is 10.1. The van der Waals surface area contributed by atoms with Crippen molar-refractivity contribution in [2.24, 2.45) is 0 Å². The Morgan fingerprint density at radius 3 is 2.38 bits per heavy atom. The number of amides is 4. The van der Waals surface area contributed by atoms with Crippen molar-refractivity contribution >= 4 is 45.5 Å². The van der Waals surface area contributed by atoms with E-state index in [1.54, 1.807) is 36.4 Å². The number of barbiturate groups is 1. The van der Waals surface area contributed by atoms with Gasteiger partial charge in [0.15, 0.2) is 0 Å². The number of halogens is 1. The van der Waals surface area contributed by atoms with E-state index in [1.165, 1.54) is 12.1 Å². The summed E-state index contributed by atoms with van der Waals surface area (Å²) >= 11 is 3.19. The number of nitrogens with zero attached hydrogens (tertiary/aromatic N) is 1. The molecule has 0 spiro atoms. The number of carbonyl (C=O) groups is 3. The first kappa shape index (κ1) is 21.3. The third-order valence-corrected chi connectivity index (χ3v) is 5.36. The Hall–Kier alpha value is -3.91. The normalized spacial score (nSPS) is 15.1. The average molecular weight is 493 g/mol. The molecule has 4 amide bonds. The Morgan fingerprint density at radius 2 is 1.69 bits per heavy atom. The van der Waals surface area contributed by atoms with Gasteiger partial charge in [0, 0.05) is 0 Å². The quantitative estimate of drug-likeness (QED) is 0.406. The van der Waals surface area contributed by atoms with Gasteiger partial charge in [-0.2, -0.15) is 0 Å². The molecule has 0 unspecified atom stereocenters. The number of hydrogen-bond acceptors (Lipinski definition) is 5. The highest BCUT2D eigenvalue weighted by molar-refractivity contribution is 9.10. The van der Waals surface area contributed by atoms with Crippen molar-refractivity contribution in [3.05, 3.63) is 94.0 Å². The number of nitrogens with one attached hydrogen (secondary N) is 1. The molecule has 0 saturated carbocycles. The number of phenols is 1. The number of aromatic hydroxyl groups is 1. The summed E-state index contributed by atoms with van der Waals surface area (Å²) in [4.78, 5) is 38.6. The summed E-state index contributed by atoms with van der Waals surface area (Å²) in [6.45, 7) is 0.382. The van der Waals surface area contributed by atoms with Crippen molar-refractivity contribution in [2.75, 3.05) is 4.90 Å². The van der Waals surface area contributed by atoms with Crippen LogP contribution in [0.15, 0.2) is 82.8 Å². The van der Waals surface area contributed by atoms with Crippen molar-refractivity contribution in [3.8, 4) is 11.5 Å². The van der Waals surface area contributed by atoms with Crippen LogP contribution in [-0.4, -0.2) is 23.0 Å². The molecule has 1 fully saturated rings. The van der Waals surface area contributed by atoms with Gasteiger partial charge in [0.2, 0.25) is 0 Å². The molecule has 1 saturated heterocycles. The van der Waals surface area contributed by atoms with Crippen LogP contribution in [0.25, 0.3) is 6.08 Å². The van der Waals surface area contributed by atoms with E-state index in [-0.39, 0.29) is 11.3 Å². The van der Waals surface area contributed by atoms with Gasteiger partial charge < -0.3 is 9.84 Å². The van der Waals surface area contributed by atoms with E-state index in [1.807, 2.05) is 30.3 Å². The van der Waals surface area contributed by atoms with Gasteiger partial charge in [-0.05, 0) is 69.5 Å². The molecule has 0 radical (unpaired) electrons. The molecule has 0 atom stereocenters. The number of ether oxygens (including phenoxy) is 1. The van der Waals surface area contributed by atoms with Crippen LogP contribution in [0.2, 0.25) is 0 Å². The molecule has 1 heterocycles. The van der Waals surface area contributed by atoms with Crippen LogP contribution < -0.4 is 15.0 Å². The van der Waals surface area contributed by atoms with E-state index >= 15 is 0 Å². The molecule has 0 aliphatic carbocycles. The number of carbonyl (C=O) groups excluding carboxylic acids is 3. The molecule has 1 aliphatic heterocycles. The van der Waals surface area contributed by atoms with Crippen molar-refractivity contribution in [1.82, 2.24) is 5.32 Å². The summed E-state index contributed by atoms with van der Waals surface area (Å²) in [5.74, 6) is -0.939. The molecular formula is C24H17BrN2O5. The summed E-state index contributed by atoms with van der Waals surface area (Å²) in [6, 6.07) is 19.8. The number of urea groups is 1. The molecule has 8 heteroatoms. The van der Waals surface area contributed by atoms with E-state index in [9.17, 15) is 19.5 Å². The zero-order valence-electron chi connectivity index (χ0n) is 16.6. The minimum Gasteiger partial charge on any atom is -0.507 e. The first-order chi connectivity index (χ1) is 15.4. The number of benzene rings is 3. The van der Waals surface area contributed by atoms with Crippen molar-refractivity contribution in [1.29, 1.82) is 0 Å². The lowest BCUT2D eigenvalue weighted by Crippen LogP contribution is -2.54. The monoisotopic (exact) mass is 492 g/mol. The summed E-state index contributed by atoms with van der Waals surface area (Å²) in [5.41, 5.74) is 1.61. The fourth-order valence-electron chi connectivity index (χ4n) is 3.10. The number of phenolic OH excluding ortho intramolecular Hbond substituents is 1. The van der Waals surface area contributed by atoms with Crippen LogP contribution in [0.5, 0.6) is 11.5 Å². The fraction of sp³-hybridized carbons (Fsp3) is 0.0417. The van der Waals surface area contributed by atoms with Crippen molar-refractivity contribution in [3.63, 3.8) is 0 Å². The Morgan fingerprint density at radius 1 is 0.969 bits per heavy atom. The topological polar surface area (TPSA) is 95.9 Å². The number of imide groups is 2. The fourth-order valence-corrected chi connectivity index (χ4v) is 3.50. The molecule has 7 nitrogen and oxygen atoms in total. The highest BCUT2D eigenvalue weighted by atomic mass is 79.9. The Bertz CT molecular complexity index is 1220. The van der Waals surface area contributed by atoms with Gasteiger partial charge in [0.25, 0.3) is 11.8 Å². The number of rotatable bonds is 5. The van der Waals surface area contributed by atoms with E-state index in [4.69, 9.17) is 4.74 Å². The number of anilines is 1. The maximum atomic E-state index is 13.0. The van der Waals surface area contributed by atoms with Gasteiger partial charge >= 0.3 is 6.03 Å². The largest absolute Gasteiger partial charge is 0.507 e. The average Bonchev–Trinajstić information content (AvgIpc) is 2.79. The van der Waals surface area contributed by atoms with E-state index < -0.39 is 17.8 Å². The highest BCUT2D eigenvalue weighted by Gasteiger charge is 2.36. The number of hydrogen-bond donors (Lipinski definition) is 2. The Labute approximate surface area is 192 Å². The van der Waals surface area contributed by atoms with E-state index in [0.717, 1.165) is 10.5 Å².